The van der Waals surface area contributed by atoms with E-state index in [1.807, 2.05) is 18.2 Å². The third-order valence-electron chi connectivity index (χ3n) is 3.99. The summed E-state index contributed by atoms with van der Waals surface area (Å²) < 4.78 is 17.0. The number of rotatable bonds is 8. The number of halogens is 1. The van der Waals surface area contributed by atoms with Crippen LogP contribution in [0.15, 0.2) is 82.4 Å². The molecule has 0 radical (unpaired) electrons. The van der Waals surface area contributed by atoms with E-state index < -0.39 is 11.9 Å². The van der Waals surface area contributed by atoms with Gasteiger partial charge in [0.1, 0.15) is 5.75 Å². The van der Waals surface area contributed by atoms with Gasteiger partial charge >= 0.3 is 5.97 Å². The summed E-state index contributed by atoms with van der Waals surface area (Å²) in [6.45, 7) is -0.170. The van der Waals surface area contributed by atoms with Crippen molar-refractivity contribution in [2.75, 3.05) is 13.7 Å². The van der Waals surface area contributed by atoms with Gasteiger partial charge in [0.2, 0.25) is 0 Å². The minimum atomic E-state index is -0.488. The Balaban J connectivity index is 1.55. The van der Waals surface area contributed by atoms with Gasteiger partial charge in [0.05, 0.1) is 18.9 Å². The van der Waals surface area contributed by atoms with Crippen molar-refractivity contribution in [1.29, 1.82) is 0 Å². The Hall–Kier alpha value is -3.65. The summed E-state index contributed by atoms with van der Waals surface area (Å²) in [4.78, 5) is 24.1. The predicted octanol–water partition coefficient (Wildman–Crippen LogP) is 4.21. The number of hydrazone groups is 1. The first-order valence-corrected chi connectivity index (χ1v) is 10.00. The summed E-state index contributed by atoms with van der Waals surface area (Å²) in [5, 5.41) is 3.91. The fourth-order valence-electron chi connectivity index (χ4n) is 2.47. The van der Waals surface area contributed by atoms with Crippen LogP contribution < -0.4 is 19.6 Å². The van der Waals surface area contributed by atoms with Crippen LogP contribution in [0.1, 0.15) is 15.9 Å². The molecule has 0 aliphatic carbocycles. The second kappa shape index (κ2) is 10.9. The lowest BCUT2D eigenvalue weighted by Gasteiger charge is -2.10. The zero-order valence-corrected chi connectivity index (χ0v) is 18.2. The van der Waals surface area contributed by atoms with E-state index >= 15 is 0 Å². The molecule has 8 heteroatoms. The third kappa shape index (κ3) is 6.68. The summed E-state index contributed by atoms with van der Waals surface area (Å²) in [6, 6.07) is 20.7. The van der Waals surface area contributed by atoms with Crippen molar-refractivity contribution in [2.24, 2.45) is 5.10 Å². The van der Waals surface area contributed by atoms with Gasteiger partial charge in [-0.25, -0.2) is 10.2 Å². The minimum absolute atomic E-state index is 0.170. The number of methoxy groups -OCH3 is 1. The van der Waals surface area contributed by atoms with Crippen molar-refractivity contribution >= 4 is 34.0 Å². The van der Waals surface area contributed by atoms with Crippen LogP contribution in [0, 0.1) is 0 Å². The van der Waals surface area contributed by atoms with Gasteiger partial charge in [0.25, 0.3) is 5.91 Å². The lowest BCUT2D eigenvalue weighted by atomic mass is 10.2. The Bertz CT molecular complexity index is 1070. The Morgan fingerprint density at radius 2 is 1.74 bits per heavy atom. The van der Waals surface area contributed by atoms with Gasteiger partial charge in [0.15, 0.2) is 18.1 Å². The average Bonchev–Trinajstić information content (AvgIpc) is 2.80. The highest BCUT2D eigenvalue weighted by Crippen LogP contribution is 2.28. The summed E-state index contributed by atoms with van der Waals surface area (Å²) in [5.74, 6) is 0.323. The Kier molecular flexibility index (Phi) is 7.78. The SMILES string of the molecule is COc1cc(/C=N/NC(=O)COc2ccc(Br)cc2)ccc1OC(=O)c1ccccc1. The van der Waals surface area contributed by atoms with Gasteiger partial charge in [-0.2, -0.15) is 5.10 Å². The van der Waals surface area contributed by atoms with Crippen LogP contribution in [-0.2, 0) is 4.79 Å². The molecule has 0 saturated carbocycles. The average molecular weight is 483 g/mol. The van der Waals surface area contributed by atoms with Crippen molar-refractivity contribution in [2.45, 2.75) is 0 Å². The van der Waals surface area contributed by atoms with Crippen LogP contribution in [0.25, 0.3) is 0 Å². The van der Waals surface area contributed by atoms with Crippen molar-refractivity contribution in [3.63, 3.8) is 0 Å². The monoisotopic (exact) mass is 482 g/mol. The Morgan fingerprint density at radius 1 is 1.00 bits per heavy atom. The van der Waals surface area contributed by atoms with Gasteiger partial charge in [-0.15, -0.1) is 0 Å². The molecule has 1 amide bonds. The van der Waals surface area contributed by atoms with Crippen LogP contribution in [-0.4, -0.2) is 31.8 Å². The minimum Gasteiger partial charge on any atom is -0.493 e. The van der Waals surface area contributed by atoms with E-state index in [1.54, 1.807) is 54.6 Å². The molecule has 0 fully saturated rings. The molecule has 0 heterocycles. The number of nitrogens with zero attached hydrogens (tertiary/aromatic N) is 1. The number of amides is 1. The molecule has 0 aromatic heterocycles. The van der Waals surface area contributed by atoms with Gasteiger partial charge in [-0.3, -0.25) is 4.79 Å². The first-order valence-electron chi connectivity index (χ1n) is 9.20. The summed E-state index contributed by atoms with van der Waals surface area (Å²) in [5.41, 5.74) is 3.47. The van der Waals surface area contributed by atoms with E-state index in [0.29, 0.717) is 22.6 Å². The molecule has 0 saturated heterocycles. The molecular formula is C23H19BrN2O5. The maximum absolute atomic E-state index is 12.2. The quantitative estimate of drug-likeness (QED) is 0.225. The van der Waals surface area contributed by atoms with E-state index in [9.17, 15) is 9.59 Å². The predicted molar refractivity (Wildman–Crippen MR) is 120 cm³/mol. The van der Waals surface area contributed by atoms with Crippen LogP contribution in [0.4, 0.5) is 0 Å². The number of hydrogen-bond donors (Lipinski definition) is 1. The van der Waals surface area contributed by atoms with Crippen molar-refractivity contribution in [1.82, 2.24) is 5.43 Å². The second-order valence-electron chi connectivity index (χ2n) is 6.20. The molecule has 0 unspecified atom stereocenters. The normalized spacial score (nSPS) is 10.5. The number of hydrogen-bond acceptors (Lipinski definition) is 6. The van der Waals surface area contributed by atoms with E-state index in [2.05, 4.69) is 26.5 Å². The number of carbonyl (C=O) groups is 2. The van der Waals surface area contributed by atoms with Gasteiger partial charge in [0, 0.05) is 4.47 Å². The second-order valence-corrected chi connectivity index (χ2v) is 7.12. The molecule has 3 rings (SSSR count). The van der Waals surface area contributed by atoms with Crippen LogP contribution >= 0.6 is 15.9 Å². The Labute approximate surface area is 187 Å². The summed E-state index contributed by atoms with van der Waals surface area (Å²) >= 11 is 3.33. The molecule has 158 valence electrons. The molecule has 31 heavy (non-hydrogen) atoms. The summed E-state index contributed by atoms with van der Waals surface area (Å²) in [7, 11) is 1.47. The molecular weight excluding hydrogens is 464 g/mol. The van der Waals surface area contributed by atoms with Crippen LogP contribution in [0.3, 0.4) is 0 Å². The lowest BCUT2D eigenvalue weighted by Crippen LogP contribution is -2.24. The Morgan fingerprint density at radius 3 is 2.45 bits per heavy atom. The van der Waals surface area contributed by atoms with E-state index in [1.165, 1.54) is 13.3 Å². The van der Waals surface area contributed by atoms with Crippen molar-refractivity contribution < 1.29 is 23.8 Å². The van der Waals surface area contributed by atoms with Gasteiger partial charge < -0.3 is 14.2 Å². The molecule has 7 nitrogen and oxygen atoms in total. The maximum atomic E-state index is 12.2. The fourth-order valence-corrected chi connectivity index (χ4v) is 2.74. The van der Waals surface area contributed by atoms with Crippen molar-refractivity contribution in [3.05, 3.63) is 88.4 Å². The highest BCUT2D eigenvalue weighted by Gasteiger charge is 2.12. The molecule has 3 aromatic rings. The topological polar surface area (TPSA) is 86.2 Å². The molecule has 3 aromatic carbocycles. The number of benzene rings is 3. The van der Waals surface area contributed by atoms with Crippen molar-refractivity contribution in [3.8, 4) is 17.2 Å². The first-order chi connectivity index (χ1) is 15.0. The number of nitrogens with one attached hydrogen (secondary N) is 1. The largest absolute Gasteiger partial charge is 0.493 e. The molecule has 0 spiro atoms. The van der Waals surface area contributed by atoms with E-state index in [-0.39, 0.29) is 12.4 Å². The smallest absolute Gasteiger partial charge is 0.343 e. The zero-order valence-electron chi connectivity index (χ0n) is 16.6. The summed E-state index contributed by atoms with van der Waals surface area (Å²) in [6.07, 6.45) is 1.45. The van der Waals surface area contributed by atoms with Gasteiger partial charge in [-0.1, -0.05) is 34.1 Å². The highest BCUT2D eigenvalue weighted by atomic mass is 79.9. The number of carbonyl (C=O) groups excluding carboxylic acids is 2. The zero-order chi connectivity index (χ0) is 22.1. The lowest BCUT2D eigenvalue weighted by molar-refractivity contribution is -0.123. The first kappa shape index (κ1) is 22.0. The molecule has 0 bridgehead atoms. The van der Waals surface area contributed by atoms with E-state index in [0.717, 1.165) is 4.47 Å². The van der Waals surface area contributed by atoms with Gasteiger partial charge in [-0.05, 0) is 60.2 Å². The number of ether oxygens (including phenoxy) is 3. The van der Waals surface area contributed by atoms with E-state index in [4.69, 9.17) is 14.2 Å². The molecule has 0 atom stereocenters. The van der Waals surface area contributed by atoms with Crippen LogP contribution in [0.2, 0.25) is 0 Å². The number of esters is 1. The maximum Gasteiger partial charge on any atom is 0.343 e. The highest BCUT2D eigenvalue weighted by molar-refractivity contribution is 9.10. The van der Waals surface area contributed by atoms with Crippen LogP contribution in [0.5, 0.6) is 17.2 Å². The third-order valence-corrected chi connectivity index (χ3v) is 4.51. The molecule has 1 N–H and O–H groups in total. The standard InChI is InChI=1S/C23H19BrN2O5/c1-29-21-13-16(7-12-20(21)31-23(28)17-5-3-2-4-6-17)14-25-26-22(27)15-30-19-10-8-18(24)9-11-19/h2-14H,15H2,1H3,(H,26,27)/b25-14+. The molecule has 0 aliphatic rings. The fraction of sp³-hybridized carbons (Fsp3) is 0.0870. The molecule has 0 aliphatic heterocycles.